The van der Waals surface area contributed by atoms with Crippen LogP contribution in [0.15, 0.2) is 46.0 Å². The highest BCUT2D eigenvalue weighted by Gasteiger charge is 2.51. The number of benzene rings is 1. The molecule has 0 radical (unpaired) electrons. The number of imide groups is 1. The van der Waals surface area contributed by atoms with Crippen LogP contribution in [0.3, 0.4) is 0 Å². The average Bonchev–Trinajstić information content (AvgIpc) is 3.28. The number of hydrogen-bond acceptors (Lipinski definition) is 5. The average molecular weight is 409 g/mol. The third-order valence-corrected chi connectivity index (χ3v) is 6.95. The minimum atomic E-state index is -0.694. The number of carbonyl (C=O) groups excluding carboxylic acids is 2. The zero-order valence-electron chi connectivity index (χ0n) is 17.1. The second kappa shape index (κ2) is 6.87. The number of nitrogens with zero attached hydrogens (tertiary/aromatic N) is 2. The number of carbonyl (C=O) groups is 2. The van der Waals surface area contributed by atoms with E-state index in [9.17, 15) is 14.0 Å². The summed E-state index contributed by atoms with van der Waals surface area (Å²) in [6, 6.07) is 4.39. The largest absolute Gasteiger partial charge is 0.356 e. The third-order valence-electron chi connectivity index (χ3n) is 6.95. The lowest BCUT2D eigenvalue weighted by atomic mass is 9.63. The fourth-order valence-corrected chi connectivity index (χ4v) is 5.42. The number of aromatic nitrogens is 1. The molecule has 3 unspecified atom stereocenters. The summed E-state index contributed by atoms with van der Waals surface area (Å²) in [6.45, 7) is 6.06. The van der Waals surface area contributed by atoms with Gasteiger partial charge in [-0.15, -0.1) is 0 Å². The summed E-state index contributed by atoms with van der Waals surface area (Å²) in [5.41, 5.74) is 1.28. The topological polar surface area (TPSA) is 75.4 Å². The molecule has 6 nitrogen and oxygen atoms in total. The van der Waals surface area contributed by atoms with Crippen molar-refractivity contribution in [1.29, 1.82) is 0 Å². The smallest absolute Gasteiger partial charge is 0.258 e. The summed E-state index contributed by atoms with van der Waals surface area (Å²) in [5.74, 6) is -1.37. The van der Waals surface area contributed by atoms with Crippen LogP contribution in [0.2, 0.25) is 0 Å². The SMILES string of the molecule is CC(C1C2=C(C=CC1(C)c1noc3cc(F)ccc13)C(=O)NC2=O)N1CCCCC1. The first-order valence-corrected chi connectivity index (χ1v) is 10.5. The Morgan fingerprint density at radius 1 is 1.23 bits per heavy atom. The zero-order valence-corrected chi connectivity index (χ0v) is 17.1. The highest BCUT2D eigenvalue weighted by molar-refractivity contribution is 6.21. The molecule has 1 fully saturated rings. The molecule has 156 valence electrons. The predicted molar refractivity (Wildman–Crippen MR) is 109 cm³/mol. The van der Waals surface area contributed by atoms with E-state index in [4.69, 9.17) is 4.52 Å². The van der Waals surface area contributed by atoms with Crippen molar-refractivity contribution in [2.75, 3.05) is 13.1 Å². The van der Waals surface area contributed by atoms with Crippen molar-refractivity contribution in [1.82, 2.24) is 15.4 Å². The first kappa shape index (κ1) is 19.2. The van der Waals surface area contributed by atoms with Gasteiger partial charge in [0.15, 0.2) is 5.58 Å². The van der Waals surface area contributed by atoms with Crippen LogP contribution in [0.25, 0.3) is 11.0 Å². The summed E-state index contributed by atoms with van der Waals surface area (Å²) >= 11 is 0. The van der Waals surface area contributed by atoms with Gasteiger partial charge in [-0.1, -0.05) is 23.7 Å². The molecule has 3 atom stereocenters. The van der Waals surface area contributed by atoms with Crippen molar-refractivity contribution in [2.45, 2.75) is 44.6 Å². The number of hydrogen-bond donors (Lipinski definition) is 1. The lowest BCUT2D eigenvalue weighted by molar-refractivity contribution is -0.124. The number of amides is 2. The lowest BCUT2D eigenvalue weighted by Gasteiger charge is -2.45. The molecule has 0 saturated carbocycles. The molecule has 3 aliphatic rings. The van der Waals surface area contributed by atoms with Gasteiger partial charge in [-0.2, -0.15) is 0 Å². The molecule has 2 aromatic rings. The monoisotopic (exact) mass is 409 g/mol. The molecule has 0 bridgehead atoms. The number of piperidine rings is 1. The van der Waals surface area contributed by atoms with Crippen LogP contribution in [0, 0.1) is 11.7 Å². The van der Waals surface area contributed by atoms with Crippen molar-refractivity contribution in [3.63, 3.8) is 0 Å². The zero-order chi connectivity index (χ0) is 21.0. The number of likely N-dealkylation sites (tertiary alicyclic amines) is 1. The van der Waals surface area contributed by atoms with Crippen LogP contribution in [0.5, 0.6) is 0 Å². The van der Waals surface area contributed by atoms with Gasteiger partial charge in [0.2, 0.25) is 0 Å². The van der Waals surface area contributed by atoms with E-state index in [1.807, 2.05) is 13.0 Å². The second-order valence-corrected chi connectivity index (χ2v) is 8.71. The Labute approximate surface area is 173 Å². The molecule has 30 heavy (non-hydrogen) atoms. The molecule has 1 N–H and O–H groups in total. The van der Waals surface area contributed by atoms with Gasteiger partial charge in [0, 0.05) is 40.0 Å². The molecule has 1 aromatic carbocycles. The van der Waals surface area contributed by atoms with Crippen LogP contribution in [0.4, 0.5) is 4.39 Å². The van der Waals surface area contributed by atoms with Gasteiger partial charge in [0.05, 0.1) is 0 Å². The van der Waals surface area contributed by atoms with E-state index in [0.717, 1.165) is 25.9 Å². The molecule has 2 amide bonds. The quantitative estimate of drug-likeness (QED) is 0.788. The van der Waals surface area contributed by atoms with Gasteiger partial charge >= 0.3 is 0 Å². The van der Waals surface area contributed by atoms with E-state index >= 15 is 0 Å². The number of fused-ring (bicyclic) bond motifs is 1. The highest BCUT2D eigenvalue weighted by atomic mass is 19.1. The van der Waals surface area contributed by atoms with Gasteiger partial charge in [0.25, 0.3) is 11.8 Å². The van der Waals surface area contributed by atoms with E-state index in [1.54, 1.807) is 12.1 Å². The molecule has 5 rings (SSSR count). The summed E-state index contributed by atoms with van der Waals surface area (Å²) in [6.07, 6.45) is 7.12. The fourth-order valence-electron chi connectivity index (χ4n) is 5.42. The van der Waals surface area contributed by atoms with Crippen LogP contribution >= 0.6 is 0 Å². The fraction of sp³-hybridized carbons (Fsp3) is 0.435. The standard InChI is InChI=1S/C23H24FN3O3/c1-13(27-10-4-3-5-11-27)19-18-16(21(28)25-22(18)29)8-9-23(19,2)20-15-7-6-14(24)12-17(15)30-26-20/h6-9,12-13,19H,3-5,10-11H2,1-2H3,(H,25,28,29). The first-order chi connectivity index (χ1) is 14.4. The Kier molecular flexibility index (Phi) is 4.39. The maximum absolute atomic E-state index is 13.7. The van der Waals surface area contributed by atoms with E-state index in [2.05, 4.69) is 22.3 Å². The van der Waals surface area contributed by atoms with Crippen LogP contribution in [-0.4, -0.2) is 41.0 Å². The van der Waals surface area contributed by atoms with Gasteiger partial charge in [0.1, 0.15) is 11.5 Å². The molecule has 2 aliphatic heterocycles. The van der Waals surface area contributed by atoms with E-state index in [0.29, 0.717) is 27.8 Å². The number of halogens is 1. The molecule has 0 spiro atoms. The Morgan fingerprint density at radius 3 is 2.77 bits per heavy atom. The van der Waals surface area contributed by atoms with E-state index in [1.165, 1.54) is 18.6 Å². The molecular formula is C23H24FN3O3. The Morgan fingerprint density at radius 2 is 2.00 bits per heavy atom. The van der Waals surface area contributed by atoms with Crippen molar-refractivity contribution < 1.29 is 18.5 Å². The minimum absolute atomic E-state index is 0.00842. The normalized spacial score (nSPS) is 28.2. The van der Waals surface area contributed by atoms with Crippen LogP contribution in [-0.2, 0) is 15.0 Å². The minimum Gasteiger partial charge on any atom is -0.356 e. The van der Waals surface area contributed by atoms with Crippen molar-refractivity contribution in [3.8, 4) is 0 Å². The number of nitrogens with one attached hydrogen (secondary N) is 1. The maximum atomic E-state index is 13.7. The predicted octanol–water partition coefficient (Wildman–Crippen LogP) is 3.24. The number of rotatable bonds is 3. The molecular weight excluding hydrogens is 385 g/mol. The van der Waals surface area contributed by atoms with Crippen molar-refractivity contribution in [2.24, 2.45) is 5.92 Å². The Balaban J connectivity index is 1.67. The number of allylic oxidation sites excluding steroid dienone is 1. The van der Waals surface area contributed by atoms with Gasteiger partial charge in [-0.05, 0) is 51.9 Å². The first-order valence-electron chi connectivity index (χ1n) is 10.5. The van der Waals surface area contributed by atoms with Crippen molar-refractivity contribution in [3.05, 3.63) is 53.0 Å². The molecule has 3 heterocycles. The Hall–Kier alpha value is -2.80. The Bertz CT molecular complexity index is 1110. The lowest BCUT2D eigenvalue weighted by Crippen LogP contribution is -2.51. The molecule has 7 heteroatoms. The molecule has 1 saturated heterocycles. The molecule has 1 aromatic heterocycles. The highest BCUT2D eigenvalue weighted by Crippen LogP contribution is 2.48. The maximum Gasteiger partial charge on any atom is 0.258 e. The van der Waals surface area contributed by atoms with E-state index in [-0.39, 0.29) is 23.8 Å². The molecule has 1 aliphatic carbocycles. The van der Waals surface area contributed by atoms with Crippen LogP contribution < -0.4 is 5.32 Å². The summed E-state index contributed by atoms with van der Waals surface area (Å²) in [4.78, 5) is 27.6. The summed E-state index contributed by atoms with van der Waals surface area (Å²) < 4.78 is 19.2. The van der Waals surface area contributed by atoms with E-state index < -0.39 is 11.2 Å². The third kappa shape index (κ3) is 2.75. The van der Waals surface area contributed by atoms with Crippen LogP contribution in [0.1, 0.15) is 38.8 Å². The second-order valence-electron chi connectivity index (χ2n) is 8.71. The van der Waals surface area contributed by atoms with Gasteiger partial charge in [-0.3, -0.25) is 14.9 Å². The summed E-state index contributed by atoms with van der Waals surface area (Å²) in [5, 5.41) is 7.49. The van der Waals surface area contributed by atoms with Gasteiger partial charge in [-0.25, -0.2) is 4.39 Å². The van der Waals surface area contributed by atoms with Crippen molar-refractivity contribution >= 4 is 22.8 Å². The van der Waals surface area contributed by atoms with Gasteiger partial charge < -0.3 is 9.42 Å². The summed E-state index contributed by atoms with van der Waals surface area (Å²) in [7, 11) is 0.